The van der Waals surface area contributed by atoms with Gasteiger partial charge >= 0.3 is 5.97 Å². The highest BCUT2D eigenvalue weighted by Gasteiger charge is 2.40. The van der Waals surface area contributed by atoms with E-state index in [2.05, 4.69) is 0 Å². The molecule has 1 fully saturated rings. The Kier molecular flexibility index (Phi) is 2.69. The molecule has 0 saturated carbocycles. The fourth-order valence-corrected chi connectivity index (χ4v) is 1.41. The number of hydrogen-bond acceptors (Lipinski definition) is 4. The second-order valence-electron chi connectivity index (χ2n) is 3.16. The van der Waals surface area contributed by atoms with Crippen molar-refractivity contribution >= 4 is 5.97 Å². The second kappa shape index (κ2) is 3.41. The van der Waals surface area contributed by atoms with E-state index in [1.165, 1.54) is 6.92 Å². The fourth-order valence-electron chi connectivity index (χ4n) is 1.41. The fraction of sp³-hybridized carbons (Fsp3) is 0.875. The molecular weight excluding hydrogens is 160 g/mol. The molecule has 4 atom stereocenters. The molecule has 0 aromatic rings. The van der Waals surface area contributed by atoms with Crippen LogP contribution in [-0.4, -0.2) is 29.6 Å². The molecule has 4 nitrogen and oxygen atoms in total. The van der Waals surface area contributed by atoms with Gasteiger partial charge in [0.25, 0.3) is 0 Å². The summed E-state index contributed by atoms with van der Waals surface area (Å²) in [6, 6.07) is 0. The molecule has 0 bridgehead atoms. The molecule has 1 aliphatic heterocycles. The van der Waals surface area contributed by atoms with Crippen LogP contribution in [0.15, 0.2) is 0 Å². The molecule has 0 amide bonds. The van der Waals surface area contributed by atoms with Crippen LogP contribution in [0.2, 0.25) is 0 Å². The molecule has 1 N–H and O–H groups in total. The quantitative estimate of drug-likeness (QED) is 0.580. The first-order valence-electron chi connectivity index (χ1n) is 4.03. The number of hydrogen-bond donors (Lipinski definition) is 1. The van der Waals surface area contributed by atoms with Gasteiger partial charge in [-0.3, -0.25) is 4.79 Å². The molecule has 0 aromatic heterocycles. The monoisotopic (exact) mass is 174 g/mol. The van der Waals surface area contributed by atoms with Gasteiger partial charge in [-0.05, 0) is 6.92 Å². The Morgan fingerprint density at radius 3 is 2.42 bits per heavy atom. The van der Waals surface area contributed by atoms with Crippen molar-refractivity contribution in [3.63, 3.8) is 0 Å². The molecule has 12 heavy (non-hydrogen) atoms. The summed E-state index contributed by atoms with van der Waals surface area (Å²) < 4.78 is 10.0. The lowest BCUT2D eigenvalue weighted by Crippen LogP contribution is -2.29. The van der Waals surface area contributed by atoms with E-state index < -0.39 is 6.29 Å². The van der Waals surface area contributed by atoms with Gasteiger partial charge in [0.1, 0.15) is 6.10 Å². The number of carbonyl (C=O) groups excluding carboxylic acids is 1. The van der Waals surface area contributed by atoms with Crippen LogP contribution in [0.5, 0.6) is 0 Å². The maximum atomic E-state index is 10.6. The number of rotatable bonds is 1. The van der Waals surface area contributed by atoms with Gasteiger partial charge in [-0.15, -0.1) is 0 Å². The van der Waals surface area contributed by atoms with E-state index in [0.717, 1.165) is 0 Å². The smallest absolute Gasteiger partial charge is 0.303 e. The molecule has 0 aliphatic carbocycles. The van der Waals surface area contributed by atoms with Crippen LogP contribution in [0.3, 0.4) is 0 Å². The molecule has 1 rings (SSSR count). The third-order valence-electron chi connectivity index (χ3n) is 2.09. The van der Waals surface area contributed by atoms with Crippen molar-refractivity contribution < 1.29 is 19.4 Å². The molecule has 1 saturated heterocycles. The van der Waals surface area contributed by atoms with Crippen molar-refractivity contribution in [3.8, 4) is 0 Å². The Hall–Kier alpha value is -0.610. The van der Waals surface area contributed by atoms with Gasteiger partial charge in [0, 0.05) is 12.8 Å². The van der Waals surface area contributed by atoms with Gasteiger partial charge in [0.05, 0.1) is 6.10 Å². The number of esters is 1. The lowest BCUT2D eigenvalue weighted by Gasteiger charge is -2.17. The summed E-state index contributed by atoms with van der Waals surface area (Å²) in [5.41, 5.74) is 0. The van der Waals surface area contributed by atoms with Crippen LogP contribution >= 0.6 is 0 Å². The Labute approximate surface area is 71.5 Å². The highest BCUT2D eigenvalue weighted by Crippen LogP contribution is 2.27. The van der Waals surface area contributed by atoms with Crippen LogP contribution in [0.25, 0.3) is 0 Å². The van der Waals surface area contributed by atoms with Crippen LogP contribution in [0, 0.1) is 5.92 Å². The second-order valence-corrected chi connectivity index (χ2v) is 3.16. The normalized spacial score (nSPS) is 41.3. The summed E-state index contributed by atoms with van der Waals surface area (Å²) in [5.74, 6) is -0.486. The number of aliphatic hydroxyl groups is 1. The Morgan fingerprint density at radius 1 is 1.50 bits per heavy atom. The van der Waals surface area contributed by atoms with Crippen LogP contribution in [-0.2, 0) is 14.3 Å². The number of carbonyl (C=O) groups is 1. The Balaban J connectivity index is 2.57. The summed E-state index contributed by atoms with van der Waals surface area (Å²) in [5, 5.41) is 9.24. The minimum Gasteiger partial charge on any atom is -0.459 e. The Morgan fingerprint density at radius 2 is 2.08 bits per heavy atom. The molecule has 0 spiro atoms. The lowest BCUT2D eigenvalue weighted by atomic mass is 10.0. The first-order valence-corrected chi connectivity index (χ1v) is 4.03. The molecule has 1 unspecified atom stereocenters. The third-order valence-corrected chi connectivity index (χ3v) is 2.09. The molecule has 4 heteroatoms. The molecule has 0 radical (unpaired) electrons. The van der Waals surface area contributed by atoms with Crippen molar-refractivity contribution in [1.82, 2.24) is 0 Å². The van der Waals surface area contributed by atoms with Crippen LogP contribution in [0.1, 0.15) is 20.8 Å². The average molecular weight is 174 g/mol. The highest BCUT2D eigenvalue weighted by molar-refractivity contribution is 5.66. The Bertz CT molecular complexity index is 180. The van der Waals surface area contributed by atoms with E-state index >= 15 is 0 Å². The molecule has 1 aliphatic rings. The van der Waals surface area contributed by atoms with E-state index in [0.29, 0.717) is 0 Å². The van der Waals surface area contributed by atoms with Crippen LogP contribution in [0.4, 0.5) is 0 Å². The number of ether oxygens (including phenoxy) is 2. The van der Waals surface area contributed by atoms with Gasteiger partial charge in [-0.1, -0.05) is 6.92 Å². The van der Waals surface area contributed by atoms with E-state index in [-0.39, 0.29) is 24.1 Å². The lowest BCUT2D eigenvalue weighted by molar-refractivity contribution is -0.150. The van der Waals surface area contributed by atoms with Crippen molar-refractivity contribution in [2.75, 3.05) is 0 Å². The zero-order valence-electron chi connectivity index (χ0n) is 7.48. The van der Waals surface area contributed by atoms with E-state index in [1.807, 2.05) is 0 Å². The van der Waals surface area contributed by atoms with Crippen LogP contribution < -0.4 is 0 Å². The summed E-state index contributed by atoms with van der Waals surface area (Å²) in [6.45, 7) is 4.92. The van der Waals surface area contributed by atoms with E-state index in [4.69, 9.17) is 9.47 Å². The predicted molar refractivity (Wildman–Crippen MR) is 41.3 cm³/mol. The predicted octanol–water partition coefficient (Wildman–Crippen LogP) is 0.291. The summed E-state index contributed by atoms with van der Waals surface area (Å²) in [6.07, 6.45) is -1.36. The maximum absolute atomic E-state index is 10.6. The average Bonchev–Trinajstić information content (AvgIpc) is 2.16. The minimum absolute atomic E-state index is 0.149. The molecule has 70 valence electrons. The number of aliphatic hydroxyl groups excluding tert-OH is 1. The topological polar surface area (TPSA) is 55.8 Å². The van der Waals surface area contributed by atoms with E-state index in [9.17, 15) is 9.90 Å². The minimum atomic E-state index is -0.815. The summed E-state index contributed by atoms with van der Waals surface area (Å²) >= 11 is 0. The zero-order chi connectivity index (χ0) is 9.30. The van der Waals surface area contributed by atoms with Gasteiger partial charge in [-0.25, -0.2) is 0 Å². The first-order chi connectivity index (χ1) is 5.52. The van der Waals surface area contributed by atoms with Gasteiger partial charge in [-0.2, -0.15) is 0 Å². The zero-order valence-corrected chi connectivity index (χ0v) is 7.48. The SMILES string of the molecule is CC(=O)O[C@H]1[C@H](C)C(O)O[C@@H]1C. The largest absolute Gasteiger partial charge is 0.459 e. The van der Waals surface area contributed by atoms with Crippen molar-refractivity contribution in [1.29, 1.82) is 0 Å². The van der Waals surface area contributed by atoms with Gasteiger partial charge in [0.15, 0.2) is 6.29 Å². The molecular formula is C8H14O4. The van der Waals surface area contributed by atoms with Crippen molar-refractivity contribution in [2.24, 2.45) is 5.92 Å². The summed E-state index contributed by atoms with van der Waals surface area (Å²) in [4.78, 5) is 10.6. The van der Waals surface area contributed by atoms with Gasteiger partial charge < -0.3 is 14.6 Å². The maximum Gasteiger partial charge on any atom is 0.303 e. The molecule has 1 heterocycles. The van der Waals surface area contributed by atoms with Gasteiger partial charge in [0.2, 0.25) is 0 Å². The first kappa shape index (κ1) is 9.48. The van der Waals surface area contributed by atoms with Crippen molar-refractivity contribution in [3.05, 3.63) is 0 Å². The third kappa shape index (κ3) is 1.76. The summed E-state index contributed by atoms with van der Waals surface area (Å²) in [7, 11) is 0. The van der Waals surface area contributed by atoms with E-state index in [1.54, 1.807) is 13.8 Å². The highest BCUT2D eigenvalue weighted by atomic mass is 16.6. The van der Waals surface area contributed by atoms with Crippen molar-refractivity contribution in [2.45, 2.75) is 39.3 Å². The molecule has 0 aromatic carbocycles. The standard InChI is InChI=1S/C8H14O4/c1-4-7(12-6(3)9)5(2)11-8(4)10/h4-5,7-8,10H,1-3H3/t4-,5+,7-,8?/m0/s1.